The van der Waals surface area contributed by atoms with E-state index in [9.17, 15) is 8.42 Å². The van der Waals surface area contributed by atoms with E-state index in [0.29, 0.717) is 13.1 Å². The van der Waals surface area contributed by atoms with Gasteiger partial charge in [0, 0.05) is 25.3 Å². The molecule has 0 bridgehead atoms. The van der Waals surface area contributed by atoms with Crippen molar-refractivity contribution in [1.29, 1.82) is 0 Å². The third-order valence-electron chi connectivity index (χ3n) is 3.57. The lowest BCUT2D eigenvalue weighted by atomic mass is 10.1. The van der Waals surface area contributed by atoms with Crippen LogP contribution >= 0.6 is 11.6 Å². The summed E-state index contributed by atoms with van der Waals surface area (Å²) >= 11 is 5.86. The molecule has 1 aliphatic heterocycles. The topological polar surface area (TPSA) is 79.5 Å². The van der Waals surface area contributed by atoms with E-state index >= 15 is 0 Å². The number of anilines is 1. The van der Waals surface area contributed by atoms with Crippen LogP contribution in [0.25, 0.3) is 0 Å². The number of nitrogens with zero attached hydrogens (tertiary/aromatic N) is 3. The van der Waals surface area contributed by atoms with E-state index in [1.807, 2.05) is 14.1 Å². The minimum atomic E-state index is -3.56. The Labute approximate surface area is 124 Å². The lowest BCUT2D eigenvalue weighted by Gasteiger charge is -2.35. The van der Waals surface area contributed by atoms with E-state index in [2.05, 4.69) is 9.88 Å². The number of nitrogen functional groups attached to an aromatic ring is 1. The molecule has 2 N–H and O–H groups in total. The second kappa shape index (κ2) is 5.85. The molecule has 0 saturated carbocycles. The van der Waals surface area contributed by atoms with E-state index in [1.54, 1.807) is 0 Å². The number of nitrogens with two attached hydrogens (primary N) is 1. The van der Waals surface area contributed by atoms with Gasteiger partial charge in [0.05, 0.1) is 5.02 Å². The molecule has 1 atom stereocenters. The minimum absolute atomic E-state index is 0.0936. The van der Waals surface area contributed by atoms with Gasteiger partial charge in [0.1, 0.15) is 10.7 Å². The summed E-state index contributed by atoms with van der Waals surface area (Å²) in [6.45, 7) is 1.01. The summed E-state index contributed by atoms with van der Waals surface area (Å²) in [7, 11) is 0.358. The molecular formula is C12H19ClN4O2S. The van der Waals surface area contributed by atoms with Crippen molar-refractivity contribution in [3.05, 3.63) is 17.3 Å². The number of sulfonamides is 1. The molecule has 0 spiro atoms. The average Bonchev–Trinajstić information content (AvgIpc) is 2.42. The molecule has 1 unspecified atom stereocenters. The van der Waals surface area contributed by atoms with Gasteiger partial charge < -0.3 is 10.6 Å². The normalized spacial score (nSPS) is 21.3. The Morgan fingerprint density at radius 1 is 1.50 bits per heavy atom. The van der Waals surface area contributed by atoms with Gasteiger partial charge in [0.2, 0.25) is 10.0 Å². The van der Waals surface area contributed by atoms with Crippen molar-refractivity contribution in [3.63, 3.8) is 0 Å². The number of pyridine rings is 1. The second-order valence-corrected chi connectivity index (χ2v) is 7.51. The van der Waals surface area contributed by atoms with Crippen molar-refractivity contribution in [2.45, 2.75) is 23.8 Å². The van der Waals surface area contributed by atoms with Crippen LogP contribution in [-0.2, 0) is 10.0 Å². The molecular weight excluding hydrogens is 300 g/mol. The second-order valence-electron chi connectivity index (χ2n) is 5.16. The highest BCUT2D eigenvalue weighted by Gasteiger charge is 2.31. The summed E-state index contributed by atoms with van der Waals surface area (Å²) in [4.78, 5) is 5.97. The molecule has 6 nitrogen and oxygen atoms in total. The minimum Gasteiger partial charge on any atom is -0.382 e. The van der Waals surface area contributed by atoms with Gasteiger partial charge in [-0.3, -0.25) is 0 Å². The SMILES string of the molecule is CN(C)C1CCCN(S(=O)(=O)c2cnc(N)c(Cl)c2)C1. The van der Waals surface area contributed by atoms with E-state index in [1.165, 1.54) is 16.6 Å². The Kier molecular flexibility index (Phi) is 4.53. The van der Waals surface area contributed by atoms with Crippen molar-refractivity contribution in [3.8, 4) is 0 Å². The average molecular weight is 319 g/mol. The predicted octanol–water partition coefficient (Wildman–Crippen LogP) is 1.03. The Hall–Kier alpha value is -0.890. The van der Waals surface area contributed by atoms with Crippen molar-refractivity contribution in [1.82, 2.24) is 14.2 Å². The molecule has 0 amide bonds. The van der Waals surface area contributed by atoms with Crippen molar-refractivity contribution in [2.24, 2.45) is 0 Å². The molecule has 2 rings (SSSR count). The largest absolute Gasteiger partial charge is 0.382 e. The van der Waals surface area contributed by atoms with E-state index in [0.717, 1.165) is 12.8 Å². The summed E-state index contributed by atoms with van der Waals surface area (Å²) in [6.07, 6.45) is 3.10. The van der Waals surface area contributed by atoms with Gasteiger partial charge in [-0.2, -0.15) is 4.31 Å². The fourth-order valence-electron chi connectivity index (χ4n) is 2.28. The molecule has 8 heteroatoms. The highest BCUT2D eigenvalue weighted by Crippen LogP contribution is 2.25. The number of piperidine rings is 1. The van der Waals surface area contributed by atoms with Gasteiger partial charge in [-0.25, -0.2) is 13.4 Å². The zero-order valence-corrected chi connectivity index (χ0v) is 13.2. The molecule has 1 fully saturated rings. The van der Waals surface area contributed by atoms with Crippen LogP contribution in [0.1, 0.15) is 12.8 Å². The molecule has 1 aromatic heterocycles. The first-order chi connectivity index (χ1) is 9.32. The van der Waals surface area contributed by atoms with Gasteiger partial charge in [-0.15, -0.1) is 0 Å². The Morgan fingerprint density at radius 3 is 2.80 bits per heavy atom. The summed E-state index contributed by atoms with van der Waals surface area (Å²) in [5.41, 5.74) is 5.51. The molecule has 112 valence electrons. The van der Waals surface area contributed by atoms with Crippen LogP contribution in [-0.4, -0.2) is 55.8 Å². The number of rotatable bonds is 3. The first-order valence-corrected chi connectivity index (χ1v) is 8.22. The van der Waals surface area contributed by atoms with Gasteiger partial charge in [0.15, 0.2) is 0 Å². The highest BCUT2D eigenvalue weighted by molar-refractivity contribution is 7.89. The highest BCUT2D eigenvalue weighted by atomic mass is 35.5. The molecule has 1 aliphatic rings. The zero-order chi connectivity index (χ0) is 14.9. The maximum absolute atomic E-state index is 12.6. The quantitative estimate of drug-likeness (QED) is 0.900. The van der Waals surface area contributed by atoms with Gasteiger partial charge >= 0.3 is 0 Å². The van der Waals surface area contributed by atoms with Gasteiger partial charge in [0.25, 0.3) is 0 Å². The lowest BCUT2D eigenvalue weighted by Crippen LogP contribution is -2.47. The van der Waals surface area contributed by atoms with Gasteiger partial charge in [-0.05, 0) is 33.0 Å². The van der Waals surface area contributed by atoms with Crippen LogP contribution in [0.15, 0.2) is 17.2 Å². The van der Waals surface area contributed by atoms with Crippen LogP contribution in [0.3, 0.4) is 0 Å². The molecule has 1 saturated heterocycles. The predicted molar refractivity (Wildman–Crippen MR) is 79.1 cm³/mol. The maximum Gasteiger partial charge on any atom is 0.244 e. The third kappa shape index (κ3) is 3.06. The fourth-order valence-corrected chi connectivity index (χ4v) is 4.00. The lowest BCUT2D eigenvalue weighted by molar-refractivity contribution is 0.190. The first kappa shape index (κ1) is 15.5. The van der Waals surface area contributed by atoms with Crippen LogP contribution in [0, 0.1) is 0 Å². The Morgan fingerprint density at radius 2 is 2.20 bits per heavy atom. The van der Waals surface area contributed by atoms with Gasteiger partial charge in [-0.1, -0.05) is 11.6 Å². The molecule has 20 heavy (non-hydrogen) atoms. The third-order valence-corrected chi connectivity index (χ3v) is 5.71. The Bertz CT molecular complexity index is 591. The van der Waals surface area contributed by atoms with Crippen LogP contribution in [0.5, 0.6) is 0 Å². The number of likely N-dealkylation sites (N-methyl/N-ethyl adjacent to an activating group) is 1. The summed E-state index contributed by atoms with van der Waals surface area (Å²) in [6, 6.07) is 1.59. The monoisotopic (exact) mass is 318 g/mol. The molecule has 2 heterocycles. The zero-order valence-electron chi connectivity index (χ0n) is 11.6. The molecule has 0 radical (unpaired) electrons. The van der Waals surface area contributed by atoms with Crippen LogP contribution in [0.2, 0.25) is 5.02 Å². The first-order valence-electron chi connectivity index (χ1n) is 6.40. The summed E-state index contributed by atoms with van der Waals surface area (Å²) in [5.74, 6) is 0.135. The molecule has 0 aromatic carbocycles. The Balaban J connectivity index is 2.27. The number of halogens is 1. The van der Waals surface area contributed by atoms with Crippen LogP contribution in [0.4, 0.5) is 5.82 Å². The van der Waals surface area contributed by atoms with E-state index in [4.69, 9.17) is 17.3 Å². The van der Waals surface area contributed by atoms with E-state index in [-0.39, 0.29) is 21.8 Å². The standard InChI is InChI=1S/C12H19ClN4O2S/c1-16(2)9-4-3-5-17(8-9)20(18,19)10-6-11(13)12(14)15-7-10/h6-7,9H,3-5,8H2,1-2H3,(H2,14,15). The van der Waals surface area contributed by atoms with Crippen molar-refractivity contribution < 1.29 is 8.42 Å². The molecule has 1 aromatic rings. The summed E-state index contributed by atoms with van der Waals surface area (Å²) in [5, 5.41) is 0.159. The van der Waals surface area contributed by atoms with Crippen LogP contribution < -0.4 is 5.73 Å². The maximum atomic E-state index is 12.6. The van der Waals surface area contributed by atoms with Crippen molar-refractivity contribution >= 4 is 27.4 Å². The molecule has 0 aliphatic carbocycles. The smallest absolute Gasteiger partial charge is 0.244 e. The summed E-state index contributed by atoms with van der Waals surface area (Å²) < 4.78 is 26.7. The number of hydrogen-bond acceptors (Lipinski definition) is 5. The number of hydrogen-bond donors (Lipinski definition) is 1. The fraction of sp³-hybridized carbons (Fsp3) is 0.583. The number of aromatic nitrogens is 1. The van der Waals surface area contributed by atoms with E-state index < -0.39 is 10.0 Å². The van der Waals surface area contributed by atoms with Crippen molar-refractivity contribution in [2.75, 3.05) is 32.9 Å².